The maximum absolute atomic E-state index is 5.93. The van der Waals surface area contributed by atoms with E-state index >= 15 is 0 Å². The zero-order valence-electron chi connectivity index (χ0n) is 13.5. The Labute approximate surface area is 125 Å². The van der Waals surface area contributed by atoms with E-state index in [0.29, 0.717) is 6.10 Å². The van der Waals surface area contributed by atoms with Gasteiger partial charge in [0.2, 0.25) is 0 Å². The SMILES string of the molecule is CC(C)C1CCCCC1N1CCC(OCCCN)CC1. The molecule has 0 amide bonds. The quantitative estimate of drug-likeness (QED) is 0.761. The van der Waals surface area contributed by atoms with Crippen LogP contribution in [0.1, 0.15) is 58.8 Å². The van der Waals surface area contributed by atoms with E-state index in [-0.39, 0.29) is 0 Å². The van der Waals surface area contributed by atoms with Crippen LogP contribution in [0.4, 0.5) is 0 Å². The van der Waals surface area contributed by atoms with E-state index in [0.717, 1.165) is 37.5 Å². The molecule has 2 atom stereocenters. The molecule has 2 N–H and O–H groups in total. The number of hydrogen-bond acceptors (Lipinski definition) is 3. The van der Waals surface area contributed by atoms with Crippen molar-refractivity contribution < 1.29 is 4.74 Å². The molecule has 0 aromatic heterocycles. The van der Waals surface area contributed by atoms with Crippen molar-refractivity contribution in [3.63, 3.8) is 0 Å². The summed E-state index contributed by atoms with van der Waals surface area (Å²) in [5, 5.41) is 0. The van der Waals surface area contributed by atoms with Gasteiger partial charge in [-0.25, -0.2) is 0 Å². The lowest BCUT2D eigenvalue weighted by Crippen LogP contribution is -2.49. The molecule has 1 saturated carbocycles. The van der Waals surface area contributed by atoms with E-state index < -0.39 is 0 Å². The zero-order chi connectivity index (χ0) is 14.4. The fraction of sp³-hybridized carbons (Fsp3) is 1.00. The largest absolute Gasteiger partial charge is 0.378 e. The molecule has 2 unspecified atom stereocenters. The van der Waals surface area contributed by atoms with Gasteiger partial charge in [-0.3, -0.25) is 4.90 Å². The molecule has 1 aliphatic carbocycles. The highest BCUT2D eigenvalue weighted by Crippen LogP contribution is 2.34. The third kappa shape index (κ3) is 4.44. The maximum Gasteiger partial charge on any atom is 0.0599 e. The van der Waals surface area contributed by atoms with Crippen molar-refractivity contribution in [1.82, 2.24) is 4.90 Å². The molecule has 0 aromatic rings. The van der Waals surface area contributed by atoms with Crippen LogP contribution in [0.3, 0.4) is 0 Å². The molecule has 0 radical (unpaired) electrons. The summed E-state index contributed by atoms with van der Waals surface area (Å²) >= 11 is 0. The maximum atomic E-state index is 5.93. The second-order valence-electron chi connectivity index (χ2n) is 7.01. The summed E-state index contributed by atoms with van der Waals surface area (Å²) in [7, 11) is 0. The van der Waals surface area contributed by atoms with E-state index in [2.05, 4.69) is 18.7 Å². The standard InChI is InChI=1S/C17H34N2O/c1-14(2)16-6-3-4-7-17(16)19-11-8-15(9-12-19)20-13-5-10-18/h14-17H,3-13,18H2,1-2H3. The van der Waals surface area contributed by atoms with Crippen LogP contribution in [-0.4, -0.2) is 43.3 Å². The van der Waals surface area contributed by atoms with Crippen LogP contribution >= 0.6 is 0 Å². The Kier molecular flexibility index (Phi) is 6.79. The fourth-order valence-corrected chi connectivity index (χ4v) is 4.08. The molecule has 2 rings (SSSR count). The van der Waals surface area contributed by atoms with Gasteiger partial charge in [0.05, 0.1) is 6.10 Å². The molecular formula is C17H34N2O. The summed E-state index contributed by atoms with van der Waals surface area (Å²) in [6.07, 6.45) is 9.64. The van der Waals surface area contributed by atoms with Crippen molar-refractivity contribution in [3.8, 4) is 0 Å². The zero-order valence-corrected chi connectivity index (χ0v) is 13.5. The number of nitrogens with zero attached hydrogens (tertiary/aromatic N) is 1. The van der Waals surface area contributed by atoms with Gasteiger partial charge in [-0.1, -0.05) is 26.7 Å². The molecule has 0 bridgehead atoms. The highest BCUT2D eigenvalue weighted by Gasteiger charge is 2.33. The summed E-state index contributed by atoms with van der Waals surface area (Å²) < 4.78 is 5.93. The molecule has 2 fully saturated rings. The van der Waals surface area contributed by atoms with Gasteiger partial charge in [-0.2, -0.15) is 0 Å². The smallest absolute Gasteiger partial charge is 0.0599 e. The van der Waals surface area contributed by atoms with Gasteiger partial charge in [-0.05, 0) is 50.5 Å². The Morgan fingerprint density at radius 1 is 1.10 bits per heavy atom. The minimum absolute atomic E-state index is 0.485. The lowest BCUT2D eigenvalue weighted by Gasteiger charge is -2.44. The first kappa shape index (κ1) is 16.3. The van der Waals surface area contributed by atoms with E-state index in [1.807, 2.05) is 0 Å². The third-order valence-corrected chi connectivity index (χ3v) is 5.29. The van der Waals surface area contributed by atoms with Crippen molar-refractivity contribution in [3.05, 3.63) is 0 Å². The number of nitrogens with two attached hydrogens (primary N) is 1. The first-order valence-corrected chi connectivity index (χ1v) is 8.78. The number of hydrogen-bond donors (Lipinski definition) is 1. The molecule has 2 aliphatic rings. The van der Waals surface area contributed by atoms with Gasteiger partial charge in [0.25, 0.3) is 0 Å². The van der Waals surface area contributed by atoms with E-state index in [9.17, 15) is 0 Å². The molecule has 20 heavy (non-hydrogen) atoms. The monoisotopic (exact) mass is 282 g/mol. The summed E-state index contributed by atoms with van der Waals surface area (Å²) in [5.41, 5.74) is 5.52. The van der Waals surface area contributed by atoms with E-state index in [1.54, 1.807) is 0 Å². The molecule has 3 nitrogen and oxygen atoms in total. The second kappa shape index (κ2) is 8.35. The number of likely N-dealkylation sites (tertiary alicyclic amines) is 1. The topological polar surface area (TPSA) is 38.5 Å². The van der Waals surface area contributed by atoms with Crippen molar-refractivity contribution in [2.75, 3.05) is 26.2 Å². The molecule has 0 aromatic carbocycles. The number of piperidine rings is 1. The lowest BCUT2D eigenvalue weighted by molar-refractivity contribution is -0.0193. The van der Waals surface area contributed by atoms with Gasteiger partial charge >= 0.3 is 0 Å². The first-order chi connectivity index (χ1) is 9.72. The van der Waals surface area contributed by atoms with Gasteiger partial charge in [0, 0.05) is 25.7 Å². The van der Waals surface area contributed by atoms with Crippen LogP contribution in [0.15, 0.2) is 0 Å². The summed E-state index contributed by atoms with van der Waals surface area (Å²) in [6, 6.07) is 0.841. The second-order valence-corrected chi connectivity index (χ2v) is 7.01. The van der Waals surface area contributed by atoms with Crippen LogP contribution in [0, 0.1) is 11.8 Å². The number of ether oxygens (including phenoxy) is 1. The minimum Gasteiger partial charge on any atom is -0.378 e. The summed E-state index contributed by atoms with van der Waals surface area (Å²) in [5.74, 6) is 1.75. The normalized spacial score (nSPS) is 30.0. The minimum atomic E-state index is 0.485. The highest BCUT2D eigenvalue weighted by atomic mass is 16.5. The predicted octanol–water partition coefficient (Wildman–Crippen LogP) is 3.03. The van der Waals surface area contributed by atoms with Crippen LogP contribution in [-0.2, 0) is 4.74 Å². The van der Waals surface area contributed by atoms with Crippen molar-refractivity contribution in [2.24, 2.45) is 17.6 Å². The highest BCUT2D eigenvalue weighted by molar-refractivity contribution is 4.87. The van der Waals surface area contributed by atoms with Crippen molar-refractivity contribution in [1.29, 1.82) is 0 Å². The number of rotatable bonds is 6. The predicted molar refractivity (Wildman–Crippen MR) is 84.8 cm³/mol. The molecule has 1 aliphatic heterocycles. The van der Waals surface area contributed by atoms with E-state index in [1.165, 1.54) is 51.6 Å². The molecule has 0 spiro atoms. The fourth-order valence-electron chi connectivity index (χ4n) is 4.08. The molecule has 3 heteroatoms. The van der Waals surface area contributed by atoms with Crippen molar-refractivity contribution in [2.45, 2.75) is 70.9 Å². The van der Waals surface area contributed by atoms with Crippen LogP contribution in [0.25, 0.3) is 0 Å². The Bertz CT molecular complexity index is 262. The summed E-state index contributed by atoms with van der Waals surface area (Å²) in [6.45, 7) is 8.88. The third-order valence-electron chi connectivity index (χ3n) is 5.29. The van der Waals surface area contributed by atoms with Crippen LogP contribution < -0.4 is 5.73 Å². The van der Waals surface area contributed by atoms with Crippen LogP contribution in [0.2, 0.25) is 0 Å². The Hall–Kier alpha value is -0.120. The lowest BCUT2D eigenvalue weighted by atomic mass is 9.76. The molecule has 118 valence electrons. The van der Waals surface area contributed by atoms with Gasteiger partial charge in [-0.15, -0.1) is 0 Å². The average molecular weight is 282 g/mol. The van der Waals surface area contributed by atoms with Crippen LogP contribution in [0.5, 0.6) is 0 Å². The first-order valence-electron chi connectivity index (χ1n) is 8.78. The molecule has 1 heterocycles. The average Bonchev–Trinajstić information content (AvgIpc) is 2.48. The van der Waals surface area contributed by atoms with E-state index in [4.69, 9.17) is 10.5 Å². The van der Waals surface area contributed by atoms with Gasteiger partial charge in [0.15, 0.2) is 0 Å². The molecular weight excluding hydrogens is 248 g/mol. The Morgan fingerprint density at radius 3 is 2.45 bits per heavy atom. The Balaban J connectivity index is 1.77. The van der Waals surface area contributed by atoms with Crippen molar-refractivity contribution >= 4 is 0 Å². The van der Waals surface area contributed by atoms with Gasteiger partial charge < -0.3 is 10.5 Å². The summed E-state index contributed by atoms with van der Waals surface area (Å²) in [4.78, 5) is 2.77. The molecule has 1 saturated heterocycles. The van der Waals surface area contributed by atoms with Gasteiger partial charge in [0.1, 0.15) is 0 Å². The Morgan fingerprint density at radius 2 is 1.80 bits per heavy atom.